The van der Waals surface area contributed by atoms with Crippen molar-refractivity contribution in [2.75, 3.05) is 5.32 Å². The Labute approximate surface area is 147 Å². The number of aromatic hydroxyl groups is 1. The molecule has 3 rings (SSSR count). The Kier molecular flexibility index (Phi) is 4.49. The van der Waals surface area contributed by atoms with Crippen LogP contribution in [0.2, 0.25) is 0 Å². The summed E-state index contributed by atoms with van der Waals surface area (Å²) in [5.74, 6) is 0.146. The van der Waals surface area contributed by atoms with Gasteiger partial charge in [-0.25, -0.2) is 0 Å². The number of hydrogen-bond donors (Lipinski definition) is 2. The lowest BCUT2D eigenvalue weighted by atomic mass is 9.74. The number of hydrogen-bond acceptors (Lipinski definition) is 4. The van der Waals surface area contributed by atoms with Gasteiger partial charge in [-0.3, -0.25) is 0 Å². The fourth-order valence-corrected chi connectivity index (χ4v) is 3.00. The van der Waals surface area contributed by atoms with Gasteiger partial charge in [0.15, 0.2) is 0 Å². The van der Waals surface area contributed by atoms with Crippen molar-refractivity contribution in [1.82, 2.24) is 0 Å². The van der Waals surface area contributed by atoms with E-state index in [0.29, 0.717) is 5.69 Å². The molecule has 0 amide bonds. The first-order valence-electron chi connectivity index (χ1n) is 8.09. The number of benzene rings is 2. The Morgan fingerprint density at radius 1 is 1.16 bits per heavy atom. The molecular formula is C21H20N2O2. The molecule has 3 aromatic rings. The van der Waals surface area contributed by atoms with Gasteiger partial charge in [-0.05, 0) is 43.2 Å². The summed E-state index contributed by atoms with van der Waals surface area (Å²) >= 11 is 0. The van der Waals surface area contributed by atoms with E-state index in [4.69, 9.17) is 4.42 Å². The van der Waals surface area contributed by atoms with E-state index in [-0.39, 0.29) is 5.75 Å². The molecule has 126 valence electrons. The highest BCUT2D eigenvalue weighted by Crippen LogP contribution is 2.41. The van der Waals surface area contributed by atoms with Gasteiger partial charge in [0.05, 0.1) is 30.3 Å². The van der Waals surface area contributed by atoms with Crippen LogP contribution in [0.25, 0.3) is 0 Å². The minimum Gasteiger partial charge on any atom is -0.506 e. The Balaban J connectivity index is 2.09. The van der Waals surface area contributed by atoms with Gasteiger partial charge in [-0.15, -0.1) is 0 Å². The van der Waals surface area contributed by atoms with Gasteiger partial charge in [0.25, 0.3) is 0 Å². The summed E-state index contributed by atoms with van der Waals surface area (Å²) in [6.45, 7) is 3.85. The summed E-state index contributed by atoms with van der Waals surface area (Å²) in [4.78, 5) is 0. The molecule has 0 unspecified atom stereocenters. The fraction of sp³-hybridized carbons (Fsp3) is 0.190. The van der Waals surface area contributed by atoms with E-state index in [1.165, 1.54) is 0 Å². The van der Waals surface area contributed by atoms with E-state index in [0.717, 1.165) is 16.7 Å². The molecule has 0 fully saturated rings. The minimum atomic E-state index is -0.860. The Bertz CT molecular complexity index is 882. The summed E-state index contributed by atoms with van der Waals surface area (Å²) in [6.07, 6.45) is 3.21. The highest BCUT2D eigenvalue weighted by molar-refractivity contribution is 5.59. The summed E-state index contributed by atoms with van der Waals surface area (Å²) in [5.41, 5.74) is 2.48. The predicted octanol–water partition coefficient (Wildman–Crippen LogP) is 4.93. The van der Waals surface area contributed by atoms with Crippen molar-refractivity contribution in [3.8, 4) is 11.8 Å². The number of nitriles is 1. The van der Waals surface area contributed by atoms with Crippen molar-refractivity contribution in [2.24, 2.45) is 0 Å². The molecule has 2 N–H and O–H groups in total. The first-order chi connectivity index (χ1) is 12.0. The van der Waals surface area contributed by atoms with E-state index in [9.17, 15) is 10.4 Å². The molecule has 4 nitrogen and oxygen atoms in total. The van der Waals surface area contributed by atoms with E-state index < -0.39 is 11.5 Å². The molecule has 0 bridgehead atoms. The maximum absolute atomic E-state index is 10.2. The van der Waals surface area contributed by atoms with Crippen LogP contribution in [0.15, 0.2) is 71.5 Å². The molecule has 0 radical (unpaired) electrons. The predicted molar refractivity (Wildman–Crippen MR) is 97.3 cm³/mol. The molecule has 0 spiro atoms. The molecular weight excluding hydrogens is 312 g/mol. The Hall–Kier alpha value is -3.19. The highest BCUT2D eigenvalue weighted by atomic mass is 16.3. The lowest BCUT2D eigenvalue weighted by molar-refractivity contribution is 0.469. The molecule has 1 aromatic heterocycles. The number of nitrogens with zero attached hydrogens (tertiary/aromatic N) is 1. The first kappa shape index (κ1) is 16.7. The standard InChI is InChI=1S/C21H20N2O2/c1-15-8-9-19(24)18(12-15)23-20(16-10-11-25-13-16)21(2,14-22)17-6-4-3-5-7-17/h3-13,20,23-24H,1-2H3/t20-,21+/m1/s1. The average Bonchev–Trinajstić information content (AvgIpc) is 3.16. The molecule has 25 heavy (non-hydrogen) atoms. The first-order valence-corrected chi connectivity index (χ1v) is 8.09. The number of phenols is 1. The number of furan rings is 1. The Morgan fingerprint density at radius 3 is 2.56 bits per heavy atom. The van der Waals surface area contributed by atoms with Crippen LogP contribution in [0.1, 0.15) is 29.7 Å². The van der Waals surface area contributed by atoms with Gasteiger partial charge >= 0.3 is 0 Å². The number of rotatable bonds is 5. The topological polar surface area (TPSA) is 69.2 Å². The lowest BCUT2D eigenvalue weighted by Gasteiger charge is -2.33. The van der Waals surface area contributed by atoms with Gasteiger partial charge < -0.3 is 14.8 Å². The molecule has 0 saturated carbocycles. The molecule has 0 aliphatic rings. The fourth-order valence-electron chi connectivity index (χ4n) is 3.00. The minimum absolute atomic E-state index is 0.146. The zero-order valence-electron chi connectivity index (χ0n) is 14.2. The van der Waals surface area contributed by atoms with E-state index in [1.807, 2.05) is 62.4 Å². The second-order valence-electron chi connectivity index (χ2n) is 6.33. The van der Waals surface area contributed by atoms with E-state index >= 15 is 0 Å². The van der Waals surface area contributed by atoms with E-state index in [2.05, 4.69) is 11.4 Å². The van der Waals surface area contributed by atoms with Crippen molar-refractivity contribution in [2.45, 2.75) is 25.3 Å². The van der Waals surface area contributed by atoms with E-state index in [1.54, 1.807) is 18.6 Å². The molecule has 2 aromatic carbocycles. The normalized spacial score (nSPS) is 14.3. The van der Waals surface area contributed by atoms with Crippen LogP contribution >= 0.6 is 0 Å². The number of nitrogens with one attached hydrogen (secondary N) is 1. The summed E-state index contributed by atoms with van der Waals surface area (Å²) in [7, 11) is 0. The highest BCUT2D eigenvalue weighted by Gasteiger charge is 2.38. The summed E-state index contributed by atoms with van der Waals surface area (Å²) < 4.78 is 5.25. The van der Waals surface area contributed by atoms with Gasteiger partial charge in [0, 0.05) is 5.56 Å². The van der Waals surface area contributed by atoms with Crippen molar-refractivity contribution < 1.29 is 9.52 Å². The third-order valence-corrected chi connectivity index (χ3v) is 4.51. The zero-order chi connectivity index (χ0) is 17.9. The summed E-state index contributed by atoms with van der Waals surface area (Å²) in [6, 6.07) is 18.9. The lowest BCUT2D eigenvalue weighted by Crippen LogP contribution is -2.34. The largest absolute Gasteiger partial charge is 0.506 e. The maximum atomic E-state index is 10.2. The molecule has 0 aliphatic carbocycles. The van der Waals surface area contributed by atoms with Crippen molar-refractivity contribution in [3.63, 3.8) is 0 Å². The van der Waals surface area contributed by atoms with Crippen molar-refractivity contribution in [3.05, 3.63) is 83.8 Å². The Morgan fingerprint density at radius 2 is 1.92 bits per heavy atom. The molecule has 1 heterocycles. The summed E-state index contributed by atoms with van der Waals surface area (Å²) in [5, 5.41) is 23.6. The van der Waals surface area contributed by atoms with Gasteiger partial charge in [-0.2, -0.15) is 5.26 Å². The number of phenolic OH excluding ortho intramolecular Hbond substituents is 1. The second kappa shape index (κ2) is 6.74. The third kappa shape index (κ3) is 3.22. The molecule has 0 saturated heterocycles. The molecule has 0 aliphatic heterocycles. The monoisotopic (exact) mass is 332 g/mol. The third-order valence-electron chi connectivity index (χ3n) is 4.51. The van der Waals surface area contributed by atoms with Gasteiger partial charge in [0.2, 0.25) is 0 Å². The smallest absolute Gasteiger partial charge is 0.138 e. The zero-order valence-corrected chi connectivity index (χ0v) is 14.2. The van der Waals surface area contributed by atoms with Gasteiger partial charge in [-0.1, -0.05) is 36.4 Å². The molecule has 2 atom stereocenters. The average molecular weight is 332 g/mol. The maximum Gasteiger partial charge on any atom is 0.138 e. The van der Waals surface area contributed by atoms with Crippen LogP contribution in [0.3, 0.4) is 0 Å². The van der Waals surface area contributed by atoms with Crippen LogP contribution in [0.4, 0.5) is 5.69 Å². The number of aryl methyl sites for hydroxylation is 1. The second-order valence-corrected chi connectivity index (χ2v) is 6.33. The number of anilines is 1. The van der Waals surface area contributed by atoms with Crippen LogP contribution in [0, 0.1) is 18.3 Å². The van der Waals surface area contributed by atoms with Crippen molar-refractivity contribution in [1.29, 1.82) is 5.26 Å². The van der Waals surface area contributed by atoms with Crippen LogP contribution < -0.4 is 5.32 Å². The quantitative estimate of drug-likeness (QED) is 0.650. The molecule has 4 heteroatoms. The SMILES string of the molecule is Cc1ccc(O)c(N[C@H](c2ccoc2)[C@@](C)(C#N)c2ccccc2)c1. The van der Waals surface area contributed by atoms with Crippen molar-refractivity contribution >= 4 is 5.69 Å². The van der Waals surface area contributed by atoms with Crippen LogP contribution in [-0.2, 0) is 5.41 Å². The van der Waals surface area contributed by atoms with Crippen LogP contribution in [-0.4, -0.2) is 5.11 Å². The van der Waals surface area contributed by atoms with Crippen LogP contribution in [0.5, 0.6) is 5.75 Å². The van der Waals surface area contributed by atoms with Gasteiger partial charge in [0.1, 0.15) is 11.2 Å².